The Bertz CT molecular complexity index is 718. The fourth-order valence-electron chi connectivity index (χ4n) is 8.47. The van der Waals surface area contributed by atoms with E-state index in [1.54, 1.807) is 0 Å². The predicted molar refractivity (Wildman–Crippen MR) is 103 cm³/mol. The fourth-order valence-corrected chi connectivity index (χ4v) is 8.47. The molecule has 0 spiro atoms. The number of cyclic esters (lactones) is 1. The molecule has 4 saturated carbocycles. The summed E-state index contributed by atoms with van der Waals surface area (Å²) < 4.78 is 5.14. The maximum Gasteiger partial charge on any atom is 0.331 e. The van der Waals surface area contributed by atoms with Crippen molar-refractivity contribution >= 4 is 5.97 Å². The Kier molecular flexibility index (Phi) is 4.12. The molecule has 9 atom stereocenters. The van der Waals surface area contributed by atoms with Crippen LogP contribution in [0.4, 0.5) is 0 Å². The number of aliphatic hydroxyl groups excluding tert-OH is 2. The van der Waals surface area contributed by atoms with Crippen LogP contribution in [0.2, 0.25) is 0 Å². The molecule has 5 nitrogen and oxygen atoms in total. The molecule has 0 aromatic rings. The molecule has 0 unspecified atom stereocenters. The summed E-state index contributed by atoms with van der Waals surface area (Å²) in [4.78, 5) is 11.7. The lowest BCUT2D eigenvalue weighted by atomic mass is 9.43. The third kappa shape index (κ3) is 2.33. The fraction of sp³-hybridized carbons (Fsp3) is 0.870. The van der Waals surface area contributed by atoms with Crippen molar-refractivity contribution < 1.29 is 24.9 Å². The molecule has 0 bridgehead atoms. The average molecular weight is 391 g/mol. The van der Waals surface area contributed by atoms with Crippen molar-refractivity contribution in [3.63, 3.8) is 0 Å². The van der Waals surface area contributed by atoms with Crippen molar-refractivity contribution in [3.05, 3.63) is 11.6 Å². The maximum absolute atomic E-state index is 12.1. The predicted octanol–water partition coefficient (Wildman–Crippen LogP) is 2.58. The molecule has 3 N–H and O–H groups in total. The van der Waals surface area contributed by atoms with Crippen molar-refractivity contribution in [3.8, 4) is 0 Å². The van der Waals surface area contributed by atoms with Crippen LogP contribution in [-0.2, 0) is 9.53 Å². The standard InChI is InChI=1S/C23H34O5/c1-21-7-5-15(24)10-14(21)3-4-17-16(21)6-8-22(2)20(13-9-19(26)28-12-13)18(25)11-23(17,22)27/h9,14-18,20,24-25,27H,3-8,10-12H2,1-2H3/t14-,15-,16+,17-,18+,20+,21-,22-,23-/m0/s1. The zero-order valence-corrected chi connectivity index (χ0v) is 17.1. The Labute approximate surface area is 167 Å². The molecular formula is C23H34O5. The van der Waals surface area contributed by atoms with Gasteiger partial charge in [0.1, 0.15) is 6.61 Å². The third-order valence-electron chi connectivity index (χ3n) is 9.92. The molecule has 0 radical (unpaired) electrons. The number of fused-ring (bicyclic) bond motifs is 5. The van der Waals surface area contributed by atoms with Crippen LogP contribution in [0, 0.1) is 34.5 Å². The van der Waals surface area contributed by atoms with Crippen LogP contribution in [0.15, 0.2) is 11.6 Å². The Morgan fingerprint density at radius 2 is 1.86 bits per heavy atom. The molecule has 0 aromatic heterocycles. The quantitative estimate of drug-likeness (QED) is 0.599. The first-order chi connectivity index (χ1) is 13.2. The van der Waals surface area contributed by atoms with E-state index in [9.17, 15) is 20.1 Å². The van der Waals surface area contributed by atoms with E-state index in [0.717, 1.165) is 50.5 Å². The smallest absolute Gasteiger partial charge is 0.331 e. The first-order valence-corrected chi connectivity index (χ1v) is 11.1. The number of esters is 1. The van der Waals surface area contributed by atoms with Crippen LogP contribution in [0.25, 0.3) is 0 Å². The number of hydrogen-bond donors (Lipinski definition) is 3. The van der Waals surface area contributed by atoms with Crippen molar-refractivity contribution in [2.24, 2.45) is 34.5 Å². The first kappa shape index (κ1) is 19.1. The highest BCUT2D eigenvalue weighted by Crippen LogP contribution is 2.69. The summed E-state index contributed by atoms with van der Waals surface area (Å²) in [5.41, 5.74) is -0.301. The van der Waals surface area contributed by atoms with Gasteiger partial charge in [0.25, 0.3) is 0 Å². The highest BCUT2D eigenvalue weighted by atomic mass is 16.5. The molecule has 0 aromatic carbocycles. The Balaban J connectivity index is 1.50. The minimum Gasteiger partial charge on any atom is -0.458 e. The van der Waals surface area contributed by atoms with Crippen LogP contribution in [0.3, 0.4) is 0 Å². The molecular weight excluding hydrogens is 356 g/mol. The van der Waals surface area contributed by atoms with Crippen LogP contribution >= 0.6 is 0 Å². The van der Waals surface area contributed by atoms with E-state index in [2.05, 4.69) is 13.8 Å². The second kappa shape index (κ2) is 6.05. The molecule has 4 aliphatic carbocycles. The van der Waals surface area contributed by atoms with E-state index in [-0.39, 0.29) is 35.9 Å². The lowest BCUT2D eigenvalue weighted by Crippen LogP contribution is -2.62. The second-order valence-corrected chi connectivity index (χ2v) is 10.9. The molecule has 1 aliphatic heterocycles. The summed E-state index contributed by atoms with van der Waals surface area (Å²) in [6.45, 7) is 4.77. The average Bonchev–Trinajstić information content (AvgIpc) is 3.13. The molecule has 1 heterocycles. The molecule has 156 valence electrons. The normalized spacial score (nSPS) is 55.8. The van der Waals surface area contributed by atoms with E-state index >= 15 is 0 Å². The van der Waals surface area contributed by atoms with Crippen molar-refractivity contribution in [2.45, 2.75) is 83.0 Å². The molecule has 5 rings (SSSR count). The number of hydrogen-bond acceptors (Lipinski definition) is 5. The van der Waals surface area contributed by atoms with Gasteiger partial charge in [0.2, 0.25) is 0 Å². The van der Waals surface area contributed by atoms with Gasteiger partial charge in [-0.15, -0.1) is 0 Å². The number of ether oxygens (including phenoxy) is 1. The largest absolute Gasteiger partial charge is 0.458 e. The van der Waals surface area contributed by atoms with Crippen molar-refractivity contribution in [1.82, 2.24) is 0 Å². The van der Waals surface area contributed by atoms with E-state index in [1.165, 1.54) is 6.08 Å². The summed E-state index contributed by atoms with van der Waals surface area (Å²) in [6, 6.07) is 0. The molecule has 0 amide bonds. The topological polar surface area (TPSA) is 87.0 Å². The number of carbonyl (C=O) groups is 1. The number of aliphatic hydroxyl groups is 3. The monoisotopic (exact) mass is 390 g/mol. The van der Waals surface area contributed by atoms with Gasteiger partial charge in [-0.2, -0.15) is 0 Å². The van der Waals surface area contributed by atoms with Gasteiger partial charge in [-0.3, -0.25) is 0 Å². The van der Waals surface area contributed by atoms with E-state index in [4.69, 9.17) is 4.74 Å². The van der Waals surface area contributed by atoms with Crippen molar-refractivity contribution in [1.29, 1.82) is 0 Å². The zero-order chi connectivity index (χ0) is 19.9. The summed E-state index contributed by atoms with van der Waals surface area (Å²) in [6.07, 6.45) is 7.87. The lowest BCUT2D eigenvalue weighted by Gasteiger charge is -2.63. The number of carbonyl (C=O) groups excluding carboxylic acids is 1. The third-order valence-corrected chi connectivity index (χ3v) is 9.92. The summed E-state index contributed by atoms with van der Waals surface area (Å²) in [7, 11) is 0. The van der Waals surface area contributed by atoms with Gasteiger partial charge in [0.15, 0.2) is 0 Å². The van der Waals surface area contributed by atoms with Gasteiger partial charge in [-0.1, -0.05) is 13.8 Å². The van der Waals surface area contributed by atoms with Crippen molar-refractivity contribution in [2.75, 3.05) is 6.61 Å². The molecule has 5 heteroatoms. The van der Waals surface area contributed by atoms with Crippen LogP contribution < -0.4 is 0 Å². The minimum absolute atomic E-state index is 0.170. The van der Waals surface area contributed by atoms with Gasteiger partial charge in [-0.25, -0.2) is 4.79 Å². The Morgan fingerprint density at radius 1 is 1.07 bits per heavy atom. The van der Waals surface area contributed by atoms with Crippen LogP contribution in [0.5, 0.6) is 0 Å². The van der Waals surface area contributed by atoms with E-state index < -0.39 is 17.1 Å². The van der Waals surface area contributed by atoms with E-state index in [0.29, 0.717) is 18.3 Å². The first-order valence-electron chi connectivity index (χ1n) is 11.1. The number of rotatable bonds is 1. The van der Waals surface area contributed by atoms with Gasteiger partial charge in [0, 0.05) is 23.8 Å². The van der Waals surface area contributed by atoms with Crippen LogP contribution in [-0.4, -0.2) is 45.7 Å². The van der Waals surface area contributed by atoms with Gasteiger partial charge >= 0.3 is 5.97 Å². The summed E-state index contributed by atoms with van der Waals surface area (Å²) >= 11 is 0. The SMILES string of the molecule is C[C@]12CC[C@H](O)C[C@@H]1CC[C@H]1[C@H]2CC[C@@]2(C)[C@H](C3=CC(=O)OC3)[C@H](O)C[C@]12O. The molecule has 4 fully saturated rings. The van der Waals surface area contributed by atoms with Gasteiger partial charge < -0.3 is 20.1 Å². The highest BCUT2D eigenvalue weighted by molar-refractivity contribution is 5.85. The zero-order valence-electron chi connectivity index (χ0n) is 17.1. The van der Waals surface area contributed by atoms with Crippen LogP contribution in [0.1, 0.15) is 65.2 Å². The second-order valence-electron chi connectivity index (χ2n) is 10.9. The lowest BCUT2D eigenvalue weighted by molar-refractivity contribution is -0.208. The summed E-state index contributed by atoms with van der Waals surface area (Å²) in [5, 5.41) is 33.3. The van der Waals surface area contributed by atoms with Gasteiger partial charge in [-0.05, 0) is 73.7 Å². The summed E-state index contributed by atoms with van der Waals surface area (Å²) in [5.74, 6) is 0.627. The van der Waals surface area contributed by atoms with E-state index in [1.807, 2.05) is 0 Å². The molecule has 0 saturated heterocycles. The van der Waals surface area contributed by atoms with Gasteiger partial charge in [0.05, 0.1) is 17.8 Å². The minimum atomic E-state index is -0.906. The highest BCUT2D eigenvalue weighted by Gasteiger charge is 2.70. The molecule has 28 heavy (non-hydrogen) atoms. The Hall–Kier alpha value is -0.910. The Morgan fingerprint density at radius 3 is 2.57 bits per heavy atom. The molecule has 5 aliphatic rings. The maximum atomic E-state index is 12.1.